The van der Waals surface area contributed by atoms with Gasteiger partial charge in [0.05, 0.1) is 24.5 Å². The number of hydrogen-bond acceptors (Lipinski definition) is 4. The lowest BCUT2D eigenvalue weighted by Crippen LogP contribution is -2.25. The van der Waals surface area contributed by atoms with Crippen molar-refractivity contribution in [2.24, 2.45) is 11.7 Å². The van der Waals surface area contributed by atoms with Crippen LogP contribution < -0.4 is 11.1 Å². The number of amides is 1. The van der Waals surface area contributed by atoms with Crippen LogP contribution in [0.3, 0.4) is 0 Å². The molecule has 0 aromatic carbocycles. The number of carbonyl (C=O) groups is 1. The molecule has 33 heavy (non-hydrogen) atoms. The molecule has 2 aliphatic carbocycles. The standard InChI is InChI=1S/C18H21F5N4O.C3H6.CH5N/c19-17(20)4-1-12(2-5-17)7-14-11-27-15(26-14)8-13(10-25-27)9-24-16(28)3-6-18(21,22)23;1-2-3-1;1-2/h8,10-12H,1-7,9H2,(H,24,28);1-3H2;2H2,1H3. The third-order valence-electron chi connectivity index (χ3n) is 5.24. The Labute approximate surface area is 190 Å². The number of rotatable bonds is 6. The maximum absolute atomic E-state index is 13.2. The Kier molecular flexibility index (Phi) is 10.00. The fourth-order valence-corrected chi connectivity index (χ4v) is 3.30. The zero-order valence-corrected chi connectivity index (χ0v) is 18.8. The first-order valence-corrected chi connectivity index (χ1v) is 11.2. The molecule has 2 aliphatic rings. The van der Waals surface area contributed by atoms with Gasteiger partial charge in [0.2, 0.25) is 11.8 Å². The molecular formula is C22H32F5N5O. The maximum Gasteiger partial charge on any atom is 0.389 e. The lowest BCUT2D eigenvalue weighted by molar-refractivity contribution is -0.144. The van der Waals surface area contributed by atoms with Crippen LogP contribution in [0.5, 0.6) is 0 Å². The van der Waals surface area contributed by atoms with Gasteiger partial charge in [-0.3, -0.25) is 4.79 Å². The molecule has 2 aromatic heterocycles. The van der Waals surface area contributed by atoms with Gasteiger partial charge in [-0.25, -0.2) is 18.3 Å². The van der Waals surface area contributed by atoms with E-state index in [1.807, 2.05) is 0 Å². The lowest BCUT2D eigenvalue weighted by Gasteiger charge is -2.27. The molecule has 0 atom stereocenters. The molecule has 0 spiro atoms. The molecule has 6 nitrogen and oxygen atoms in total. The third kappa shape index (κ3) is 10.4. The number of aromatic nitrogens is 3. The molecule has 0 unspecified atom stereocenters. The predicted octanol–water partition coefficient (Wildman–Crippen LogP) is 4.80. The summed E-state index contributed by atoms with van der Waals surface area (Å²) in [6, 6.07) is 1.69. The fraction of sp³-hybridized carbons (Fsp3) is 0.682. The van der Waals surface area contributed by atoms with Crippen molar-refractivity contribution in [1.29, 1.82) is 0 Å². The minimum atomic E-state index is -4.36. The predicted molar refractivity (Wildman–Crippen MR) is 115 cm³/mol. The molecule has 11 heteroatoms. The van der Waals surface area contributed by atoms with Gasteiger partial charge in [0.25, 0.3) is 0 Å². The van der Waals surface area contributed by atoms with Crippen LogP contribution in [0.15, 0.2) is 18.5 Å². The van der Waals surface area contributed by atoms with Gasteiger partial charge in [0.1, 0.15) is 0 Å². The second-order valence-electron chi connectivity index (χ2n) is 8.35. The SMILES string of the molecule is C1CC1.CN.O=C(CCC(F)(F)F)NCc1cnn2cc(CC3CCC(F)(F)CC3)nc2c1. The smallest absolute Gasteiger partial charge is 0.352 e. The second-order valence-corrected chi connectivity index (χ2v) is 8.35. The van der Waals surface area contributed by atoms with E-state index < -0.39 is 30.8 Å². The van der Waals surface area contributed by atoms with Gasteiger partial charge in [0.15, 0.2) is 5.65 Å². The van der Waals surface area contributed by atoms with Crippen LogP contribution in [0.1, 0.15) is 69.0 Å². The van der Waals surface area contributed by atoms with Crippen LogP contribution >= 0.6 is 0 Å². The molecule has 0 aliphatic heterocycles. The van der Waals surface area contributed by atoms with Crippen LogP contribution in [-0.2, 0) is 17.8 Å². The zero-order valence-electron chi connectivity index (χ0n) is 18.8. The number of nitrogens with two attached hydrogens (primary N) is 1. The summed E-state index contributed by atoms with van der Waals surface area (Å²) in [4.78, 5) is 15.9. The van der Waals surface area contributed by atoms with Crippen molar-refractivity contribution >= 4 is 11.6 Å². The lowest BCUT2D eigenvalue weighted by atomic mass is 9.84. The molecule has 2 aromatic rings. The highest BCUT2D eigenvalue weighted by atomic mass is 19.4. The number of alkyl halides is 5. The number of fused-ring (bicyclic) bond motifs is 1. The number of nitrogens with one attached hydrogen (secondary N) is 1. The summed E-state index contributed by atoms with van der Waals surface area (Å²) in [5, 5.41) is 6.61. The van der Waals surface area contributed by atoms with Crippen molar-refractivity contribution < 1.29 is 26.7 Å². The van der Waals surface area contributed by atoms with Crippen molar-refractivity contribution in [1.82, 2.24) is 19.9 Å². The topological polar surface area (TPSA) is 85.3 Å². The molecule has 3 N–H and O–H groups in total. The molecule has 0 radical (unpaired) electrons. The van der Waals surface area contributed by atoms with Crippen LogP contribution in [0.2, 0.25) is 0 Å². The normalized spacial score (nSPS) is 17.4. The third-order valence-corrected chi connectivity index (χ3v) is 5.24. The monoisotopic (exact) mass is 477 g/mol. The molecule has 0 bridgehead atoms. The number of imidazole rings is 1. The summed E-state index contributed by atoms with van der Waals surface area (Å²) in [6.45, 7) is 0.0556. The van der Waals surface area contributed by atoms with Gasteiger partial charge in [-0.1, -0.05) is 19.3 Å². The summed E-state index contributed by atoms with van der Waals surface area (Å²) in [7, 11) is 1.50. The van der Waals surface area contributed by atoms with Crippen molar-refractivity contribution in [3.63, 3.8) is 0 Å². The molecular weight excluding hydrogens is 445 g/mol. The Morgan fingerprint density at radius 2 is 1.85 bits per heavy atom. The highest BCUT2D eigenvalue weighted by Crippen LogP contribution is 2.37. The van der Waals surface area contributed by atoms with E-state index in [9.17, 15) is 26.7 Å². The molecule has 186 valence electrons. The highest BCUT2D eigenvalue weighted by molar-refractivity contribution is 5.75. The quantitative estimate of drug-likeness (QED) is 0.586. The van der Waals surface area contributed by atoms with Crippen LogP contribution in [0.4, 0.5) is 22.0 Å². The van der Waals surface area contributed by atoms with E-state index in [0.29, 0.717) is 30.5 Å². The fourth-order valence-electron chi connectivity index (χ4n) is 3.30. The van der Waals surface area contributed by atoms with E-state index >= 15 is 0 Å². The average molecular weight is 478 g/mol. The molecule has 0 saturated heterocycles. The number of halogens is 5. The summed E-state index contributed by atoms with van der Waals surface area (Å²) in [5.74, 6) is -3.08. The van der Waals surface area contributed by atoms with Crippen LogP contribution in [0.25, 0.3) is 5.65 Å². The van der Waals surface area contributed by atoms with Gasteiger partial charge >= 0.3 is 6.18 Å². The van der Waals surface area contributed by atoms with Crippen molar-refractivity contribution in [2.45, 2.75) is 82.9 Å². The van der Waals surface area contributed by atoms with E-state index in [4.69, 9.17) is 0 Å². The average Bonchev–Trinajstić information content (AvgIpc) is 3.60. The molecule has 4 rings (SSSR count). The first-order valence-electron chi connectivity index (χ1n) is 11.2. The minimum Gasteiger partial charge on any atom is -0.352 e. The first kappa shape index (κ1) is 26.9. The van der Waals surface area contributed by atoms with Gasteiger partial charge in [-0.05, 0) is 43.9 Å². The van der Waals surface area contributed by atoms with Crippen molar-refractivity contribution in [3.05, 3.63) is 29.7 Å². The van der Waals surface area contributed by atoms with Gasteiger partial charge in [0, 0.05) is 25.8 Å². The molecule has 2 heterocycles. The Balaban J connectivity index is 0.000000695. The van der Waals surface area contributed by atoms with Gasteiger partial charge in [-0.2, -0.15) is 18.3 Å². The molecule has 1 amide bonds. The minimum absolute atomic E-state index is 0.0556. The van der Waals surface area contributed by atoms with E-state index in [2.05, 4.69) is 21.1 Å². The van der Waals surface area contributed by atoms with Crippen molar-refractivity contribution in [2.75, 3.05) is 7.05 Å². The number of nitrogens with zero attached hydrogens (tertiary/aromatic N) is 3. The molecule has 2 saturated carbocycles. The van der Waals surface area contributed by atoms with E-state index in [1.165, 1.54) is 32.5 Å². The van der Waals surface area contributed by atoms with E-state index in [0.717, 1.165) is 5.69 Å². The van der Waals surface area contributed by atoms with Crippen molar-refractivity contribution in [3.8, 4) is 0 Å². The Morgan fingerprint density at radius 1 is 1.21 bits per heavy atom. The Hall–Kier alpha value is -2.30. The Bertz CT molecular complexity index is 869. The number of carbonyl (C=O) groups excluding carboxylic acids is 1. The summed E-state index contributed by atoms with van der Waals surface area (Å²) < 4.78 is 64.4. The first-order chi connectivity index (χ1) is 15.6. The van der Waals surface area contributed by atoms with Gasteiger partial charge in [-0.15, -0.1) is 0 Å². The highest BCUT2D eigenvalue weighted by Gasteiger charge is 2.35. The summed E-state index contributed by atoms with van der Waals surface area (Å²) in [6.07, 6.45) is 2.94. The summed E-state index contributed by atoms with van der Waals surface area (Å²) >= 11 is 0. The molecule has 2 fully saturated rings. The second kappa shape index (κ2) is 12.2. The Morgan fingerprint density at radius 3 is 2.42 bits per heavy atom. The maximum atomic E-state index is 13.2. The number of hydrogen-bond donors (Lipinski definition) is 2. The van der Waals surface area contributed by atoms with Crippen LogP contribution in [0, 0.1) is 5.92 Å². The zero-order chi connectivity index (χ0) is 24.5. The van der Waals surface area contributed by atoms with E-state index in [1.54, 1.807) is 16.8 Å². The summed E-state index contributed by atoms with van der Waals surface area (Å²) in [5.41, 5.74) is 6.41. The largest absolute Gasteiger partial charge is 0.389 e. The van der Waals surface area contributed by atoms with E-state index in [-0.39, 0.29) is 25.3 Å². The van der Waals surface area contributed by atoms with Gasteiger partial charge < -0.3 is 11.1 Å². The van der Waals surface area contributed by atoms with Crippen LogP contribution in [-0.4, -0.2) is 39.7 Å².